The van der Waals surface area contributed by atoms with Gasteiger partial charge in [0.1, 0.15) is 6.61 Å². The van der Waals surface area contributed by atoms with E-state index >= 15 is 0 Å². The second-order valence-electron chi connectivity index (χ2n) is 5.17. The van der Waals surface area contributed by atoms with Crippen LogP contribution in [-0.4, -0.2) is 13.7 Å². The zero-order valence-electron chi connectivity index (χ0n) is 13.4. The van der Waals surface area contributed by atoms with Crippen LogP contribution in [0.2, 0.25) is 5.02 Å². The fourth-order valence-corrected chi connectivity index (χ4v) is 2.98. The first-order valence-corrected chi connectivity index (χ1v) is 8.76. The van der Waals surface area contributed by atoms with E-state index in [0.29, 0.717) is 23.1 Å². The normalized spacial score (nSPS) is 10.6. The molecule has 0 aliphatic rings. The van der Waals surface area contributed by atoms with Crippen LogP contribution < -0.4 is 14.8 Å². The average Bonchev–Trinajstić information content (AvgIpc) is 2.55. The first-order chi connectivity index (χ1) is 11.2. The van der Waals surface area contributed by atoms with Crippen LogP contribution in [0.5, 0.6) is 11.5 Å². The van der Waals surface area contributed by atoms with Gasteiger partial charge in [-0.15, -0.1) is 0 Å². The Hall–Kier alpha value is -1.23. The molecular weight excluding hydrogens is 378 g/mol. The number of halogens is 2. The van der Waals surface area contributed by atoms with Crippen LogP contribution in [0, 0.1) is 0 Å². The highest BCUT2D eigenvalue weighted by atomic mass is 79.9. The van der Waals surface area contributed by atoms with Gasteiger partial charge in [-0.25, -0.2) is 0 Å². The van der Waals surface area contributed by atoms with Gasteiger partial charge in [0.05, 0.1) is 11.6 Å². The minimum Gasteiger partial charge on any atom is -0.493 e. The van der Waals surface area contributed by atoms with Gasteiger partial charge in [-0.05, 0) is 52.7 Å². The number of rotatable bonds is 8. The molecular formula is C18H21BrClNO2. The molecule has 0 bridgehead atoms. The first kappa shape index (κ1) is 18.1. The predicted molar refractivity (Wildman–Crippen MR) is 98.5 cm³/mol. The Morgan fingerprint density at radius 3 is 2.70 bits per heavy atom. The van der Waals surface area contributed by atoms with Crippen molar-refractivity contribution in [3.05, 3.63) is 57.0 Å². The van der Waals surface area contributed by atoms with E-state index in [1.54, 1.807) is 7.11 Å². The molecule has 0 atom stereocenters. The third-order valence-corrected chi connectivity index (χ3v) is 4.33. The second kappa shape index (κ2) is 9.16. The Balaban J connectivity index is 2.13. The van der Waals surface area contributed by atoms with Crippen molar-refractivity contribution in [1.82, 2.24) is 5.32 Å². The summed E-state index contributed by atoms with van der Waals surface area (Å²) in [6.45, 7) is 4.33. The zero-order valence-corrected chi connectivity index (χ0v) is 15.7. The predicted octanol–water partition coefficient (Wildman–Crippen LogP) is 5.19. The van der Waals surface area contributed by atoms with E-state index < -0.39 is 0 Å². The summed E-state index contributed by atoms with van der Waals surface area (Å²) in [7, 11) is 1.65. The van der Waals surface area contributed by atoms with Crippen LogP contribution in [0.1, 0.15) is 24.5 Å². The molecule has 1 N–H and O–H groups in total. The van der Waals surface area contributed by atoms with Crippen LogP contribution >= 0.6 is 27.5 Å². The summed E-state index contributed by atoms with van der Waals surface area (Å²) < 4.78 is 12.3. The summed E-state index contributed by atoms with van der Waals surface area (Å²) in [5, 5.41) is 4.08. The lowest BCUT2D eigenvalue weighted by Crippen LogP contribution is -2.14. The van der Waals surface area contributed by atoms with Crippen LogP contribution in [0.4, 0.5) is 0 Å². The van der Waals surface area contributed by atoms with Gasteiger partial charge in [-0.2, -0.15) is 0 Å². The molecule has 5 heteroatoms. The summed E-state index contributed by atoms with van der Waals surface area (Å²) in [6.07, 6.45) is 1.11. The smallest absolute Gasteiger partial charge is 0.175 e. The molecule has 0 heterocycles. The van der Waals surface area contributed by atoms with Gasteiger partial charge in [-0.3, -0.25) is 0 Å². The van der Waals surface area contributed by atoms with Gasteiger partial charge in [-0.1, -0.05) is 36.7 Å². The van der Waals surface area contributed by atoms with Crippen molar-refractivity contribution in [2.45, 2.75) is 26.5 Å². The minimum atomic E-state index is 0.391. The molecule has 0 saturated heterocycles. The molecule has 0 radical (unpaired) electrons. The molecule has 2 aromatic rings. The fourth-order valence-electron chi connectivity index (χ4n) is 2.19. The van der Waals surface area contributed by atoms with Crippen LogP contribution in [-0.2, 0) is 13.2 Å². The van der Waals surface area contributed by atoms with Crippen LogP contribution in [0.3, 0.4) is 0 Å². The van der Waals surface area contributed by atoms with E-state index in [-0.39, 0.29) is 0 Å². The molecule has 124 valence electrons. The second-order valence-corrected chi connectivity index (χ2v) is 6.43. The van der Waals surface area contributed by atoms with Crippen molar-refractivity contribution < 1.29 is 9.47 Å². The fraction of sp³-hybridized carbons (Fsp3) is 0.333. The standard InChI is InChI=1S/C18H21BrClNO2/c1-3-8-21-11-13-9-15(19)18(17(10-13)22-2)23-12-14-6-4-5-7-16(14)20/h4-7,9-10,21H,3,8,11-12H2,1-2H3. The molecule has 0 aliphatic carbocycles. The summed E-state index contributed by atoms with van der Waals surface area (Å²) >= 11 is 9.74. The molecule has 0 aliphatic heterocycles. The summed E-state index contributed by atoms with van der Waals surface area (Å²) in [6, 6.07) is 11.7. The average molecular weight is 399 g/mol. The Kier molecular flexibility index (Phi) is 7.21. The van der Waals surface area contributed by atoms with E-state index in [0.717, 1.165) is 35.1 Å². The number of hydrogen-bond donors (Lipinski definition) is 1. The summed E-state index contributed by atoms with van der Waals surface area (Å²) in [5.41, 5.74) is 2.09. The maximum absolute atomic E-state index is 6.17. The Bertz CT molecular complexity index is 649. The topological polar surface area (TPSA) is 30.5 Å². The van der Waals surface area contributed by atoms with E-state index in [4.69, 9.17) is 21.1 Å². The van der Waals surface area contributed by atoms with Crippen molar-refractivity contribution >= 4 is 27.5 Å². The maximum Gasteiger partial charge on any atom is 0.175 e. The quantitative estimate of drug-likeness (QED) is 0.621. The molecule has 0 saturated carbocycles. The summed E-state index contributed by atoms with van der Waals surface area (Å²) in [4.78, 5) is 0. The Labute approximate surface area is 151 Å². The van der Waals surface area contributed by atoms with Gasteiger partial charge < -0.3 is 14.8 Å². The molecule has 3 nitrogen and oxygen atoms in total. The SMILES string of the molecule is CCCNCc1cc(Br)c(OCc2ccccc2Cl)c(OC)c1. The molecule has 0 spiro atoms. The number of methoxy groups -OCH3 is 1. The number of benzene rings is 2. The minimum absolute atomic E-state index is 0.391. The van der Waals surface area contributed by atoms with Crippen LogP contribution in [0.25, 0.3) is 0 Å². The van der Waals surface area contributed by atoms with Gasteiger partial charge in [0, 0.05) is 17.1 Å². The van der Waals surface area contributed by atoms with Crippen LogP contribution in [0.15, 0.2) is 40.9 Å². The number of hydrogen-bond acceptors (Lipinski definition) is 3. The largest absolute Gasteiger partial charge is 0.493 e. The van der Waals surface area contributed by atoms with Gasteiger partial charge >= 0.3 is 0 Å². The third kappa shape index (κ3) is 5.13. The highest BCUT2D eigenvalue weighted by molar-refractivity contribution is 9.10. The van der Waals surface area contributed by atoms with Crippen molar-refractivity contribution in [2.75, 3.05) is 13.7 Å². The van der Waals surface area contributed by atoms with E-state index in [2.05, 4.69) is 28.2 Å². The van der Waals surface area contributed by atoms with E-state index in [1.807, 2.05) is 36.4 Å². The van der Waals surface area contributed by atoms with Crippen molar-refractivity contribution in [1.29, 1.82) is 0 Å². The monoisotopic (exact) mass is 397 g/mol. The molecule has 2 aromatic carbocycles. The lowest BCUT2D eigenvalue weighted by atomic mass is 10.2. The maximum atomic E-state index is 6.17. The molecule has 0 fully saturated rings. The molecule has 0 aromatic heterocycles. The van der Waals surface area contributed by atoms with Gasteiger partial charge in [0.25, 0.3) is 0 Å². The van der Waals surface area contributed by atoms with Gasteiger partial charge in [0.15, 0.2) is 11.5 Å². The molecule has 2 rings (SSSR count). The Morgan fingerprint density at radius 1 is 1.22 bits per heavy atom. The Morgan fingerprint density at radius 2 is 2.00 bits per heavy atom. The molecule has 23 heavy (non-hydrogen) atoms. The van der Waals surface area contributed by atoms with Crippen molar-refractivity contribution in [3.8, 4) is 11.5 Å². The zero-order chi connectivity index (χ0) is 16.7. The highest BCUT2D eigenvalue weighted by Crippen LogP contribution is 2.37. The molecule has 0 amide bonds. The summed E-state index contributed by atoms with van der Waals surface area (Å²) in [5.74, 6) is 1.39. The third-order valence-electron chi connectivity index (χ3n) is 3.37. The van der Waals surface area contributed by atoms with E-state index in [1.165, 1.54) is 0 Å². The van der Waals surface area contributed by atoms with Crippen molar-refractivity contribution in [3.63, 3.8) is 0 Å². The van der Waals surface area contributed by atoms with Crippen molar-refractivity contribution in [2.24, 2.45) is 0 Å². The van der Waals surface area contributed by atoms with E-state index in [9.17, 15) is 0 Å². The lowest BCUT2D eigenvalue weighted by molar-refractivity contribution is 0.282. The van der Waals surface area contributed by atoms with Gasteiger partial charge in [0.2, 0.25) is 0 Å². The number of ether oxygens (including phenoxy) is 2. The lowest BCUT2D eigenvalue weighted by Gasteiger charge is -2.15. The highest BCUT2D eigenvalue weighted by Gasteiger charge is 2.12. The molecule has 0 unspecified atom stereocenters. The first-order valence-electron chi connectivity index (χ1n) is 7.59. The number of nitrogens with one attached hydrogen (secondary N) is 1.